The van der Waals surface area contributed by atoms with E-state index < -0.39 is 0 Å². The summed E-state index contributed by atoms with van der Waals surface area (Å²) in [6, 6.07) is 0.294. The number of nitrogens with one attached hydrogen (secondary N) is 1. The molecule has 3 nitrogen and oxygen atoms in total. The average molecular weight is 294 g/mol. The molecular weight excluding hydrogens is 260 g/mol. The summed E-state index contributed by atoms with van der Waals surface area (Å²) in [6.45, 7) is 13.3. The van der Waals surface area contributed by atoms with Crippen LogP contribution in [0.25, 0.3) is 0 Å². The lowest BCUT2D eigenvalue weighted by Gasteiger charge is -2.40. The molecule has 21 heavy (non-hydrogen) atoms. The van der Waals surface area contributed by atoms with Crippen molar-refractivity contribution in [2.45, 2.75) is 91.9 Å². The van der Waals surface area contributed by atoms with Gasteiger partial charge in [0.05, 0.1) is 12.2 Å². The van der Waals surface area contributed by atoms with Crippen molar-refractivity contribution >= 4 is 5.91 Å². The first-order chi connectivity index (χ1) is 9.77. The van der Waals surface area contributed by atoms with Gasteiger partial charge >= 0.3 is 0 Å². The van der Waals surface area contributed by atoms with Crippen LogP contribution in [0.2, 0.25) is 0 Å². The fraction of sp³-hybridized carbons (Fsp3) is 0.944. The average Bonchev–Trinajstić information content (AvgIpc) is 3.03. The van der Waals surface area contributed by atoms with Crippen molar-refractivity contribution in [3.63, 3.8) is 0 Å². The van der Waals surface area contributed by atoms with Crippen molar-refractivity contribution in [1.82, 2.24) is 10.2 Å². The van der Waals surface area contributed by atoms with Crippen LogP contribution in [0.1, 0.15) is 73.6 Å². The van der Waals surface area contributed by atoms with Gasteiger partial charge in [0.1, 0.15) is 0 Å². The second kappa shape index (κ2) is 6.28. The lowest BCUT2D eigenvalue weighted by molar-refractivity contribution is -0.135. The van der Waals surface area contributed by atoms with Crippen LogP contribution in [0.5, 0.6) is 0 Å². The molecule has 3 heteroatoms. The molecule has 4 unspecified atom stereocenters. The molecule has 2 rings (SSSR count). The number of carbonyl (C=O) groups is 1. The Morgan fingerprint density at radius 1 is 1.24 bits per heavy atom. The van der Waals surface area contributed by atoms with Gasteiger partial charge in [-0.25, -0.2) is 0 Å². The van der Waals surface area contributed by atoms with Gasteiger partial charge in [-0.1, -0.05) is 53.9 Å². The molecule has 1 aliphatic carbocycles. The molecule has 1 aliphatic heterocycles. The summed E-state index contributed by atoms with van der Waals surface area (Å²) >= 11 is 0. The zero-order valence-corrected chi connectivity index (χ0v) is 14.8. The highest BCUT2D eigenvalue weighted by atomic mass is 16.2. The zero-order valence-electron chi connectivity index (χ0n) is 14.8. The van der Waals surface area contributed by atoms with E-state index in [0.29, 0.717) is 17.7 Å². The molecule has 2 aliphatic rings. The van der Waals surface area contributed by atoms with Gasteiger partial charge in [0.2, 0.25) is 5.91 Å². The number of carbonyl (C=O) groups excluding carboxylic acids is 1. The zero-order chi connectivity index (χ0) is 15.8. The van der Waals surface area contributed by atoms with Crippen molar-refractivity contribution in [2.24, 2.45) is 17.3 Å². The van der Waals surface area contributed by atoms with Gasteiger partial charge in [-0.05, 0) is 37.0 Å². The van der Waals surface area contributed by atoms with Gasteiger partial charge in [-0.2, -0.15) is 0 Å². The Bertz CT molecular complexity index is 368. The van der Waals surface area contributed by atoms with E-state index in [4.69, 9.17) is 0 Å². The van der Waals surface area contributed by atoms with Crippen LogP contribution in [-0.4, -0.2) is 29.1 Å². The third-order valence-corrected chi connectivity index (χ3v) is 5.90. The maximum absolute atomic E-state index is 13.0. The predicted octanol–water partition coefficient (Wildman–Crippen LogP) is 3.78. The number of hydrogen-bond acceptors (Lipinski definition) is 2. The summed E-state index contributed by atoms with van der Waals surface area (Å²) in [5.74, 6) is 1.40. The second-order valence-electron chi connectivity index (χ2n) is 8.31. The van der Waals surface area contributed by atoms with E-state index in [0.717, 1.165) is 6.42 Å². The van der Waals surface area contributed by atoms with E-state index in [1.165, 1.54) is 25.7 Å². The maximum atomic E-state index is 13.0. The molecule has 1 amide bonds. The molecule has 0 aromatic rings. The molecule has 4 atom stereocenters. The molecule has 0 bridgehead atoms. The van der Waals surface area contributed by atoms with Crippen LogP contribution >= 0.6 is 0 Å². The minimum atomic E-state index is 0.0189. The fourth-order valence-corrected chi connectivity index (χ4v) is 3.76. The van der Waals surface area contributed by atoms with Crippen molar-refractivity contribution in [3.8, 4) is 0 Å². The van der Waals surface area contributed by atoms with Gasteiger partial charge in [0, 0.05) is 6.04 Å². The SMILES string of the molecule is CCC(C)C1NC(C2CCCC2)N(C(C)C(C)(C)C)C1=O. The normalized spacial score (nSPS) is 31.0. The quantitative estimate of drug-likeness (QED) is 0.855. The molecule has 1 N–H and O–H groups in total. The van der Waals surface area contributed by atoms with Crippen LogP contribution < -0.4 is 5.32 Å². The molecule has 0 radical (unpaired) electrons. The number of amides is 1. The van der Waals surface area contributed by atoms with E-state index in [9.17, 15) is 4.79 Å². The monoisotopic (exact) mass is 294 g/mol. The maximum Gasteiger partial charge on any atom is 0.241 e. The third kappa shape index (κ3) is 3.28. The van der Waals surface area contributed by atoms with Crippen molar-refractivity contribution < 1.29 is 4.79 Å². The first-order valence-corrected chi connectivity index (χ1v) is 8.85. The van der Waals surface area contributed by atoms with Gasteiger partial charge in [0.15, 0.2) is 0 Å². The Kier molecular flexibility index (Phi) is 5.02. The molecule has 122 valence electrons. The molecule has 2 fully saturated rings. The lowest BCUT2D eigenvalue weighted by atomic mass is 9.85. The van der Waals surface area contributed by atoms with Gasteiger partial charge in [-0.3, -0.25) is 10.1 Å². The van der Waals surface area contributed by atoms with Gasteiger partial charge < -0.3 is 4.90 Å². The summed E-state index contributed by atoms with van der Waals surface area (Å²) in [5, 5.41) is 3.71. The topological polar surface area (TPSA) is 32.3 Å². The van der Waals surface area contributed by atoms with Crippen LogP contribution in [0, 0.1) is 17.3 Å². The Balaban J connectivity index is 2.25. The van der Waals surface area contributed by atoms with E-state index in [1.807, 2.05) is 0 Å². The summed E-state index contributed by atoms with van der Waals surface area (Å²) in [5.41, 5.74) is 0.124. The Hall–Kier alpha value is -0.570. The van der Waals surface area contributed by atoms with Crippen LogP contribution in [0.3, 0.4) is 0 Å². The number of nitrogens with zero attached hydrogens (tertiary/aromatic N) is 1. The summed E-state index contributed by atoms with van der Waals surface area (Å²) in [7, 11) is 0. The predicted molar refractivity (Wildman–Crippen MR) is 87.9 cm³/mol. The third-order valence-electron chi connectivity index (χ3n) is 5.90. The largest absolute Gasteiger partial charge is 0.322 e. The highest BCUT2D eigenvalue weighted by Gasteiger charge is 2.48. The van der Waals surface area contributed by atoms with Crippen molar-refractivity contribution in [1.29, 1.82) is 0 Å². The van der Waals surface area contributed by atoms with E-state index in [2.05, 4.69) is 51.8 Å². The standard InChI is InChI=1S/C18H34N2O/c1-7-12(2)15-17(21)20(13(3)18(4,5)6)16(19-15)14-10-8-9-11-14/h12-16,19H,7-11H2,1-6H3. The second-order valence-corrected chi connectivity index (χ2v) is 8.31. The molecule has 1 saturated carbocycles. The molecular formula is C18H34N2O. The smallest absolute Gasteiger partial charge is 0.241 e. The van der Waals surface area contributed by atoms with Crippen molar-refractivity contribution in [2.75, 3.05) is 0 Å². The van der Waals surface area contributed by atoms with Gasteiger partial charge in [-0.15, -0.1) is 0 Å². The highest BCUT2D eigenvalue weighted by molar-refractivity contribution is 5.85. The summed E-state index contributed by atoms with van der Waals surface area (Å²) < 4.78 is 0. The van der Waals surface area contributed by atoms with Crippen LogP contribution in [-0.2, 0) is 4.79 Å². The van der Waals surface area contributed by atoms with E-state index in [1.54, 1.807) is 0 Å². The first-order valence-electron chi connectivity index (χ1n) is 8.85. The Labute approximate surface area is 130 Å². The molecule has 1 saturated heterocycles. The van der Waals surface area contributed by atoms with E-state index >= 15 is 0 Å². The Morgan fingerprint density at radius 2 is 1.81 bits per heavy atom. The molecule has 0 spiro atoms. The minimum Gasteiger partial charge on any atom is -0.322 e. The van der Waals surface area contributed by atoms with Crippen LogP contribution in [0.4, 0.5) is 0 Å². The molecule has 0 aromatic heterocycles. The van der Waals surface area contributed by atoms with Crippen LogP contribution in [0.15, 0.2) is 0 Å². The molecule has 1 heterocycles. The summed E-state index contributed by atoms with van der Waals surface area (Å²) in [6.07, 6.45) is 6.49. The minimum absolute atomic E-state index is 0.0189. The fourth-order valence-electron chi connectivity index (χ4n) is 3.76. The van der Waals surface area contributed by atoms with Crippen molar-refractivity contribution in [3.05, 3.63) is 0 Å². The number of rotatable bonds is 4. The molecule has 0 aromatic carbocycles. The first kappa shape index (κ1) is 16.8. The number of hydrogen-bond donors (Lipinski definition) is 1. The Morgan fingerprint density at radius 3 is 2.29 bits per heavy atom. The lowest BCUT2D eigenvalue weighted by Crippen LogP contribution is -2.51. The highest BCUT2D eigenvalue weighted by Crippen LogP contribution is 2.37. The van der Waals surface area contributed by atoms with E-state index in [-0.39, 0.29) is 23.7 Å². The summed E-state index contributed by atoms with van der Waals surface area (Å²) in [4.78, 5) is 15.2. The van der Waals surface area contributed by atoms with Gasteiger partial charge in [0.25, 0.3) is 0 Å².